The van der Waals surface area contributed by atoms with Gasteiger partial charge in [-0.2, -0.15) is 0 Å². The number of aromatic nitrogens is 1. The standard InChI is InChI=1S/C17H15FN4OS/c1-21-10-15(19-12-8-6-11(18)7-9-12)22(17(21)23)16-20-13-4-2-3-5-14(13)24-16/h2-9,15,19H,10H2,1H3. The van der Waals surface area contributed by atoms with Gasteiger partial charge in [-0.25, -0.2) is 19.1 Å². The monoisotopic (exact) mass is 342 g/mol. The van der Waals surface area contributed by atoms with Crippen LogP contribution < -0.4 is 10.2 Å². The van der Waals surface area contributed by atoms with Crippen LogP contribution in [0.1, 0.15) is 0 Å². The lowest BCUT2D eigenvalue weighted by Crippen LogP contribution is -2.39. The maximum absolute atomic E-state index is 13.1. The molecule has 1 aliphatic rings. The molecule has 0 saturated carbocycles. The highest BCUT2D eigenvalue weighted by Gasteiger charge is 2.38. The van der Waals surface area contributed by atoms with Gasteiger partial charge in [0, 0.05) is 12.7 Å². The Morgan fingerprint density at radius 2 is 1.96 bits per heavy atom. The molecule has 0 radical (unpaired) electrons. The third kappa shape index (κ3) is 2.56. The first-order valence-corrected chi connectivity index (χ1v) is 8.35. The molecule has 3 aromatic rings. The number of nitrogens with zero attached hydrogens (tertiary/aromatic N) is 3. The van der Waals surface area contributed by atoms with E-state index in [1.807, 2.05) is 24.3 Å². The van der Waals surface area contributed by atoms with E-state index in [1.165, 1.54) is 23.5 Å². The Bertz CT molecular complexity index is 862. The Hall–Kier alpha value is -2.67. The number of thiazole rings is 1. The Morgan fingerprint density at radius 3 is 2.71 bits per heavy atom. The summed E-state index contributed by atoms with van der Waals surface area (Å²) in [7, 11) is 1.76. The highest BCUT2D eigenvalue weighted by molar-refractivity contribution is 7.22. The van der Waals surface area contributed by atoms with Crippen molar-refractivity contribution in [3.8, 4) is 0 Å². The molecule has 0 bridgehead atoms. The highest BCUT2D eigenvalue weighted by Crippen LogP contribution is 2.32. The molecule has 1 fully saturated rings. The van der Waals surface area contributed by atoms with E-state index in [-0.39, 0.29) is 18.0 Å². The van der Waals surface area contributed by atoms with Gasteiger partial charge in [0.25, 0.3) is 0 Å². The number of likely N-dealkylation sites (N-methyl/N-ethyl adjacent to an activating group) is 1. The molecular weight excluding hydrogens is 327 g/mol. The van der Waals surface area contributed by atoms with Crippen LogP contribution >= 0.6 is 11.3 Å². The van der Waals surface area contributed by atoms with E-state index >= 15 is 0 Å². The molecule has 2 heterocycles. The zero-order valence-electron chi connectivity index (χ0n) is 12.9. The topological polar surface area (TPSA) is 48.5 Å². The van der Waals surface area contributed by atoms with Crippen molar-refractivity contribution in [2.24, 2.45) is 0 Å². The normalized spacial score (nSPS) is 17.8. The average Bonchev–Trinajstić information content (AvgIpc) is 3.11. The maximum atomic E-state index is 13.1. The summed E-state index contributed by atoms with van der Waals surface area (Å²) in [6, 6.07) is 13.8. The summed E-state index contributed by atoms with van der Waals surface area (Å²) in [5.74, 6) is -0.289. The second-order valence-electron chi connectivity index (χ2n) is 5.66. The summed E-state index contributed by atoms with van der Waals surface area (Å²) >= 11 is 1.48. The number of halogens is 1. The molecule has 122 valence electrons. The Kier molecular flexibility index (Phi) is 3.57. The maximum Gasteiger partial charge on any atom is 0.327 e. The molecule has 7 heteroatoms. The number of rotatable bonds is 3. The summed E-state index contributed by atoms with van der Waals surface area (Å²) in [5, 5.41) is 3.94. The second-order valence-corrected chi connectivity index (χ2v) is 6.67. The molecule has 0 spiro atoms. The largest absolute Gasteiger partial charge is 0.363 e. The molecule has 1 atom stereocenters. The number of carbonyl (C=O) groups excluding carboxylic acids is 1. The number of anilines is 2. The van der Waals surface area contributed by atoms with Gasteiger partial charge in [0.05, 0.1) is 16.8 Å². The van der Waals surface area contributed by atoms with Crippen molar-refractivity contribution in [2.45, 2.75) is 6.17 Å². The van der Waals surface area contributed by atoms with E-state index in [0.29, 0.717) is 11.7 Å². The van der Waals surface area contributed by atoms with Gasteiger partial charge >= 0.3 is 6.03 Å². The number of hydrogen-bond donors (Lipinski definition) is 1. The predicted molar refractivity (Wildman–Crippen MR) is 93.9 cm³/mol. The first-order valence-electron chi connectivity index (χ1n) is 7.54. The highest BCUT2D eigenvalue weighted by atomic mass is 32.1. The van der Waals surface area contributed by atoms with Crippen molar-refractivity contribution in [1.29, 1.82) is 0 Å². The van der Waals surface area contributed by atoms with Crippen LogP contribution in [0.15, 0.2) is 48.5 Å². The van der Waals surface area contributed by atoms with E-state index < -0.39 is 0 Å². The second kappa shape index (κ2) is 5.76. The zero-order valence-corrected chi connectivity index (χ0v) is 13.8. The van der Waals surface area contributed by atoms with Crippen molar-refractivity contribution in [3.63, 3.8) is 0 Å². The summed E-state index contributed by atoms with van der Waals surface area (Å²) in [6.45, 7) is 0.520. The minimum atomic E-state index is -0.289. The van der Waals surface area contributed by atoms with Crippen molar-refractivity contribution in [2.75, 3.05) is 23.8 Å². The first kappa shape index (κ1) is 14.9. The van der Waals surface area contributed by atoms with Crippen LogP contribution in [0, 0.1) is 5.82 Å². The van der Waals surface area contributed by atoms with Gasteiger partial charge in [-0.3, -0.25) is 0 Å². The smallest absolute Gasteiger partial charge is 0.327 e. The molecule has 5 nitrogen and oxygen atoms in total. The number of fused-ring (bicyclic) bond motifs is 1. The SMILES string of the molecule is CN1CC(Nc2ccc(F)cc2)N(c2nc3ccccc3s2)C1=O. The van der Waals surface area contributed by atoms with Crippen LogP contribution in [0.2, 0.25) is 0 Å². The summed E-state index contributed by atoms with van der Waals surface area (Å²) in [6.07, 6.45) is -0.256. The summed E-state index contributed by atoms with van der Waals surface area (Å²) in [5.41, 5.74) is 1.64. The van der Waals surface area contributed by atoms with E-state index in [1.54, 1.807) is 29.0 Å². The zero-order chi connectivity index (χ0) is 16.7. The van der Waals surface area contributed by atoms with Crippen molar-refractivity contribution in [1.82, 2.24) is 9.88 Å². The van der Waals surface area contributed by atoms with E-state index in [4.69, 9.17) is 0 Å². The minimum Gasteiger partial charge on any atom is -0.363 e. The van der Waals surface area contributed by atoms with Crippen LogP contribution in [-0.4, -0.2) is 35.7 Å². The number of carbonyl (C=O) groups is 1. The van der Waals surface area contributed by atoms with Crippen LogP contribution in [-0.2, 0) is 0 Å². The van der Waals surface area contributed by atoms with Crippen molar-refractivity contribution >= 4 is 38.4 Å². The molecule has 2 amide bonds. The van der Waals surface area contributed by atoms with Gasteiger partial charge in [-0.15, -0.1) is 0 Å². The predicted octanol–water partition coefficient (Wildman–Crippen LogP) is 3.75. The lowest BCUT2D eigenvalue weighted by atomic mass is 10.3. The Labute approximate surface area is 142 Å². The molecule has 0 aliphatic carbocycles. The van der Waals surface area contributed by atoms with E-state index in [0.717, 1.165) is 15.9 Å². The number of benzene rings is 2. The number of para-hydroxylation sites is 1. The van der Waals surface area contributed by atoms with E-state index in [9.17, 15) is 9.18 Å². The van der Waals surface area contributed by atoms with Crippen LogP contribution in [0.3, 0.4) is 0 Å². The number of amides is 2. The number of nitrogens with one attached hydrogen (secondary N) is 1. The Morgan fingerprint density at radius 1 is 1.21 bits per heavy atom. The minimum absolute atomic E-state index is 0.103. The fourth-order valence-electron chi connectivity index (χ4n) is 2.76. The van der Waals surface area contributed by atoms with E-state index in [2.05, 4.69) is 10.3 Å². The van der Waals surface area contributed by atoms with Crippen molar-refractivity contribution in [3.05, 3.63) is 54.3 Å². The summed E-state index contributed by atoms with van der Waals surface area (Å²) < 4.78 is 14.1. The molecule has 2 aromatic carbocycles. The molecule has 1 aromatic heterocycles. The molecule has 1 unspecified atom stereocenters. The lowest BCUT2D eigenvalue weighted by molar-refractivity contribution is 0.229. The van der Waals surface area contributed by atoms with Gasteiger partial charge < -0.3 is 10.2 Å². The summed E-state index contributed by atoms with van der Waals surface area (Å²) in [4.78, 5) is 20.4. The van der Waals surface area contributed by atoms with Crippen molar-refractivity contribution < 1.29 is 9.18 Å². The number of urea groups is 1. The third-order valence-electron chi connectivity index (χ3n) is 3.96. The van der Waals surface area contributed by atoms with Gasteiger partial charge in [-0.05, 0) is 36.4 Å². The van der Waals surface area contributed by atoms with Gasteiger partial charge in [0.1, 0.15) is 12.0 Å². The van der Waals surface area contributed by atoms with Gasteiger partial charge in [-0.1, -0.05) is 23.5 Å². The Balaban J connectivity index is 1.67. The van der Waals surface area contributed by atoms with Gasteiger partial charge in [0.15, 0.2) is 5.13 Å². The average molecular weight is 342 g/mol. The van der Waals surface area contributed by atoms with Crippen LogP contribution in [0.5, 0.6) is 0 Å². The molecule has 4 rings (SSSR count). The third-order valence-corrected chi connectivity index (χ3v) is 4.99. The molecule has 1 N–H and O–H groups in total. The molecule has 1 aliphatic heterocycles. The number of hydrogen-bond acceptors (Lipinski definition) is 4. The molecular formula is C17H15FN4OS. The lowest BCUT2D eigenvalue weighted by Gasteiger charge is -2.22. The fraction of sp³-hybridized carbons (Fsp3) is 0.176. The molecule has 1 saturated heterocycles. The first-order chi connectivity index (χ1) is 11.6. The fourth-order valence-corrected chi connectivity index (χ4v) is 3.77. The quantitative estimate of drug-likeness (QED) is 0.789. The molecule has 24 heavy (non-hydrogen) atoms. The van der Waals surface area contributed by atoms with Crippen LogP contribution in [0.25, 0.3) is 10.2 Å². The van der Waals surface area contributed by atoms with Crippen LogP contribution in [0.4, 0.5) is 20.0 Å². The van der Waals surface area contributed by atoms with Gasteiger partial charge in [0.2, 0.25) is 0 Å².